The van der Waals surface area contributed by atoms with Gasteiger partial charge >= 0.3 is 114 Å². The zero-order valence-electron chi connectivity index (χ0n) is 10.9. The van der Waals surface area contributed by atoms with Gasteiger partial charge in [0.15, 0.2) is 0 Å². The van der Waals surface area contributed by atoms with Gasteiger partial charge in [-0.3, -0.25) is 0 Å². The summed E-state index contributed by atoms with van der Waals surface area (Å²) < 4.78 is 7.22. The van der Waals surface area contributed by atoms with Crippen LogP contribution in [0, 0.1) is 0 Å². The van der Waals surface area contributed by atoms with Crippen LogP contribution in [-0.2, 0) is 0 Å². The predicted octanol–water partition coefficient (Wildman–Crippen LogP) is 3.61. The standard InChI is InChI=1S/C15H23OSe/c1-3-5-7-13(8-6-4-2)16-14-9-11-15(17)12-10-14/h9-13H,3-8H2,1-2H3. The Labute approximate surface area is 114 Å². The average molecular weight is 298 g/mol. The third kappa shape index (κ3) is 6.14. The second kappa shape index (κ2) is 8.60. The van der Waals surface area contributed by atoms with E-state index in [4.69, 9.17) is 4.74 Å². The molecule has 1 aromatic carbocycles. The SMILES string of the molecule is CCCCC(CCCC)Oc1ccc([Se])cc1. The van der Waals surface area contributed by atoms with Crippen molar-refractivity contribution in [1.82, 2.24) is 0 Å². The van der Waals surface area contributed by atoms with Crippen LogP contribution in [0.5, 0.6) is 5.75 Å². The summed E-state index contributed by atoms with van der Waals surface area (Å²) in [4.78, 5) is 0. The van der Waals surface area contributed by atoms with Gasteiger partial charge in [0.05, 0.1) is 0 Å². The summed E-state index contributed by atoms with van der Waals surface area (Å²) in [7, 11) is 0. The van der Waals surface area contributed by atoms with Crippen molar-refractivity contribution in [2.75, 3.05) is 0 Å². The van der Waals surface area contributed by atoms with Crippen molar-refractivity contribution in [3.8, 4) is 5.75 Å². The Morgan fingerprint density at radius 2 is 1.53 bits per heavy atom. The second-order valence-corrected chi connectivity index (χ2v) is 5.48. The summed E-state index contributed by atoms with van der Waals surface area (Å²) in [6, 6.07) is 8.23. The van der Waals surface area contributed by atoms with Crippen LogP contribution in [0.1, 0.15) is 52.4 Å². The van der Waals surface area contributed by atoms with E-state index >= 15 is 0 Å². The normalized spacial score (nSPS) is 10.8. The van der Waals surface area contributed by atoms with Gasteiger partial charge in [-0.25, -0.2) is 0 Å². The monoisotopic (exact) mass is 299 g/mol. The van der Waals surface area contributed by atoms with Crippen molar-refractivity contribution < 1.29 is 4.74 Å². The van der Waals surface area contributed by atoms with Crippen LogP contribution in [0.3, 0.4) is 0 Å². The molecule has 1 aromatic rings. The molecule has 2 heteroatoms. The van der Waals surface area contributed by atoms with Gasteiger partial charge < -0.3 is 0 Å². The summed E-state index contributed by atoms with van der Waals surface area (Å²) in [5.41, 5.74) is 0. The summed E-state index contributed by atoms with van der Waals surface area (Å²) >= 11 is 3.00. The first-order valence-corrected chi connectivity index (χ1v) is 7.55. The molecule has 0 saturated carbocycles. The van der Waals surface area contributed by atoms with Crippen LogP contribution in [0.15, 0.2) is 24.3 Å². The Morgan fingerprint density at radius 3 is 2.00 bits per heavy atom. The second-order valence-electron chi connectivity index (χ2n) is 4.50. The van der Waals surface area contributed by atoms with Crippen molar-refractivity contribution >= 4 is 20.5 Å². The van der Waals surface area contributed by atoms with Crippen molar-refractivity contribution in [1.29, 1.82) is 0 Å². The van der Waals surface area contributed by atoms with E-state index in [1.54, 1.807) is 0 Å². The molecular weight excluding hydrogens is 275 g/mol. The number of rotatable bonds is 8. The summed E-state index contributed by atoms with van der Waals surface area (Å²) in [5.74, 6) is 1.00. The Balaban J connectivity index is 2.48. The molecular formula is C15H23OSe. The molecule has 17 heavy (non-hydrogen) atoms. The van der Waals surface area contributed by atoms with Gasteiger partial charge in [-0.15, -0.1) is 0 Å². The first kappa shape index (κ1) is 14.6. The molecule has 0 aromatic heterocycles. The first-order valence-electron chi connectivity index (χ1n) is 6.70. The molecule has 0 aliphatic heterocycles. The number of hydrogen-bond acceptors (Lipinski definition) is 1. The maximum absolute atomic E-state index is 6.06. The number of benzene rings is 1. The molecule has 1 rings (SSSR count). The van der Waals surface area contributed by atoms with Crippen LogP contribution in [-0.4, -0.2) is 22.1 Å². The third-order valence-corrected chi connectivity index (χ3v) is 3.46. The first-order chi connectivity index (χ1) is 8.26. The average Bonchev–Trinajstić information content (AvgIpc) is 2.35. The van der Waals surface area contributed by atoms with Gasteiger partial charge in [-0.2, -0.15) is 0 Å². The predicted molar refractivity (Wildman–Crippen MR) is 75.3 cm³/mol. The molecule has 0 aliphatic rings. The third-order valence-electron chi connectivity index (χ3n) is 2.89. The molecule has 0 spiro atoms. The molecule has 0 saturated heterocycles. The van der Waals surface area contributed by atoms with E-state index in [-0.39, 0.29) is 0 Å². The molecule has 0 amide bonds. The Kier molecular flexibility index (Phi) is 7.39. The van der Waals surface area contributed by atoms with Crippen molar-refractivity contribution in [2.45, 2.75) is 58.5 Å². The minimum absolute atomic E-state index is 0.390. The molecule has 0 atom stereocenters. The molecule has 0 N–H and O–H groups in total. The van der Waals surface area contributed by atoms with Crippen LogP contribution in [0.25, 0.3) is 0 Å². The van der Waals surface area contributed by atoms with E-state index in [2.05, 4.69) is 54.1 Å². The Hall–Kier alpha value is -0.461. The molecule has 0 heterocycles. The molecule has 1 nitrogen and oxygen atoms in total. The minimum atomic E-state index is 0.390. The molecule has 0 unspecified atom stereocenters. The summed E-state index contributed by atoms with van der Waals surface area (Å²) in [5, 5.41) is 0. The van der Waals surface area contributed by atoms with Gasteiger partial charge in [0.1, 0.15) is 0 Å². The Bertz CT molecular complexity index is 286. The van der Waals surface area contributed by atoms with Crippen LogP contribution in [0.4, 0.5) is 0 Å². The molecule has 0 bridgehead atoms. The van der Waals surface area contributed by atoms with E-state index < -0.39 is 0 Å². The topological polar surface area (TPSA) is 9.23 Å². The van der Waals surface area contributed by atoms with Gasteiger partial charge in [-0.1, -0.05) is 0 Å². The fraction of sp³-hybridized carbons (Fsp3) is 0.600. The maximum atomic E-state index is 6.06. The van der Waals surface area contributed by atoms with E-state index in [0.29, 0.717) is 6.10 Å². The summed E-state index contributed by atoms with van der Waals surface area (Å²) in [6.07, 6.45) is 7.75. The van der Waals surface area contributed by atoms with Crippen LogP contribution in [0.2, 0.25) is 0 Å². The summed E-state index contributed by atoms with van der Waals surface area (Å²) in [6.45, 7) is 4.47. The van der Waals surface area contributed by atoms with Crippen molar-refractivity contribution in [2.24, 2.45) is 0 Å². The van der Waals surface area contributed by atoms with E-state index in [9.17, 15) is 0 Å². The van der Waals surface area contributed by atoms with Gasteiger partial charge in [-0.05, 0) is 0 Å². The van der Waals surface area contributed by atoms with E-state index in [0.717, 1.165) is 10.2 Å². The van der Waals surface area contributed by atoms with Gasteiger partial charge in [0, 0.05) is 0 Å². The van der Waals surface area contributed by atoms with Gasteiger partial charge in [0.2, 0.25) is 0 Å². The van der Waals surface area contributed by atoms with Crippen molar-refractivity contribution in [3.05, 3.63) is 24.3 Å². The number of unbranched alkanes of at least 4 members (excludes halogenated alkanes) is 2. The van der Waals surface area contributed by atoms with E-state index in [1.807, 2.05) is 0 Å². The fourth-order valence-corrected chi connectivity index (χ4v) is 2.12. The quantitative estimate of drug-likeness (QED) is 0.666. The molecule has 0 fully saturated rings. The zero-order valence-corrected chi connectivity index (χ0v) is 12.7. The van der Waals surface area contributed by atoms with Crippen LogP contribution < -0.4 is 9.20 Å². The number of ether oxygens (including phenoxy) is 1. The fourth-order valence-electron chi connectivity index (χ4n) is 1.84. The van der Waals surface area contributed by atoms with Gasteiger partial charge in [0.25, 0.3) is 0 Å². The molecule has 0 aliphatic carbocycles. The molecule has 1 radical (unpaired) electrons. The molecule has 95 valence electrons. The van der Waals surface area contributed by atoms with Crippen molar-refractivity contribution in [3.63, 3.8) is 0 Å². The number of hydrogen-bond donors (Lipinski definition) is 0. The zero-order chi connectivity index (χ0) is 12.5. The Morgan fingerprint density at radius 1 is 1.00 bits per heavy atom. The van der Waals surface area contributed by atoms with Crippen LogP contribution >= 0.6 is 0 Å². The van der Waals surface area contributed by atoms with E-state index in [1.165, 1.54) is 38.5 Å².